The van der Waals surface area contributed by atoms with Gasteiger partial charge in [0.25, 0.3) is 0 Å². The molecule has 0 saturated heterocycles. The molecule has 0 radical (unpaired) electrons. The highest BCUT2D eigenvalue weighted by Gasteiger charge is 2.19. The van der Waals surface area contributed by atoms with Crippen molar-refractivity contribution in [2.45, 2.75) is 13.5 Å². The summed E-state index contributed by atoms with van der Waals surface area (Å²) in [4.78, 5) is 10.8. The number of nitrogens with zero attached hydrogens (tertiary/aromatic N) is 3. The third-order valence-corrected chi connectivity index (χ3v) is 5.89. The Hall–Kier alpha value is -3.16. The van der Waals surface area contributed by atoms with Gasteiger partial charge in [0.1, 0.15) is 5.75 Å². The van der Waals surface area contributed by atoms with Crippen LogP contribution in [0.2, 0.25) is 0 Å². The average molecular weight is 422 g/mol. The molecule has 1 aliphatic rings. The zero-order chi connectivity index (χ0) is 21.1. The number of aliphatic imine (C=N–C) groups is 1. The van der Waals surface area contributed by atoms with Crippen LogP contribution in [-0.4, -0.2) is 36.2 Å². The molecule has 1 N–H and O–H groups in total. The molecule has 154 valence electrons. The van der Waals surface area contributed by atoms with Crippen molar-refractivity contribution in [3.63, 3.8) is 0 Å². The minimum atomic E-state index is 0.175. The standard InChI is InChI=1S/C23H23N3O3S/c1-15-19(18-6-4-5-7-20(18)24-15)14-21-22(27)26(12-13-28-2)23(30-21)25-16-8-10-17(29-3)11-9-16/h4-11,14,27H,12-13H2,1-3H3. The van der Waals surface area contributed by atoms with Gasteiger partial charge in [-0.05, 0) is 43.3 Å². The van der Waals surface area contributed by atoms with E-state index >= 15 is 0 Å². The van der Waals surface area contributed by atoms with E-state index in [1.54, 1.807) is 18.8 Å². The molecule has 6 nitrogen and oxygen atoms in total. The van der Waals surface area contributed by atoms with Crippen LogP contribution < -0.4 is 9.54 Å². The molecule has 0 aliphatic carbocycles. The Balaban J connectivity index is 1.80. The highest BCUT2D eigenvalue weighted by Crippen LogP contribution is 2.37. The van der Waals surface area contributed by atoms with Crippen LogP contribution in [0.4, 0.5) is 11.4 Å². The normalized spacial score (nSPS) is 14.8. The van der Waals surface area contributed by atoms with Crippen LogP contribution in [0.15, 0.2) is 58.5 Å². The van der Waals surface area contributed by atoms with E-state index in [2.05, 4.69) is 4.99 Å². The average Bonchev–Trinajstić information content (AvgIpc) is 3.23. The van der Waals surface area contributed by atoms with Crippen LogP contribution in [0, 0.1) is 0 Å². The lowest BCUT2D eigenvalue weighted by Gasteiger charge is -2.05. The zero-order valence-electron chi connectivity index (χ0n) is 17.1. The van der Waals surface area contributed by atoms with Gasteiger partial charge < -0.3 is 14.6 Å². The number of fused-ring (bicyclic) bond motifs is 1. The van der Waals surface area contributed by atoms with E-state index < -0.39 is 0 Å². The second-order valence-electron chi connectivity index (χ2n) is 6.80. The quantitative estimate of drug-likeness (QED) is 0.622. The lowest BCUT2D eigenvalue weighted by molar-refractivity contribution is 0.183. The molecule has 0 bridgehead atoms. The Labute approximate surface area is 179 Å². The predicted octanol–water partition coefficient (Wildman–Crippen LogP) is 4.79. The molecule has 0 fully saturated rings. The number of thiazole rings is 1. The number of aromatic hydroxyl groups is 1. The third kappa shape index (κ3) is 3.94. The summed E-state index contributed by atoms with van der Waals surface area (Å²) in [6.07, 6.45) is 1.99. The molecule has 1 aliphatic heterocycles. The van der Waals surface area contributed by atoms with Crippen LogP contribution in [-0.2, 0) is 11.3 Å². The van der Waals surface area contributed by atoms with Crippen molar-refractivity contribution in [2.75, 3.05) is 20.8 Å². The van der Waals surface area contributed by atoms with Gasteiger partial charge in [-0.2, -0.15) is 0 Å². The Morgan fingerprint density at radius 3 is 2.63 bits per heavy atom. The first-order valence-corrected chi connectivity index (χ1v) is 10.4. The van der Waals surface area contributed by atoms with Gasteiger partial charge in [0.05, 0.1) is 36.5 Å². The van der Waals surface area contributed by atoms with Crippen molar-refractivity contribution in [1.29, 1.82) is 0 Å². The number of allylic oxidation sites excluding steroid dienone is 1. The Bertz CT molecular complexity index is 1190. The Kier molecular flexibility index (Phi) is 5.83. The first kappa shape index (κ1) is 20.1. The largest absolute Gasteiger partial charge is 0.497 e. The Morgan fingerprint density at radius 2 is 1.90 bits per heavy atom. The topological polar surface area (TPSA) is 68.3 Å². The van der Waals surface area contributed by atoms with E-state index in [9.17, 15) is 5.11 Å². The molecule has 0 spiro atoms. The number of hydrogen-bond donors (Lipinski definition) is 1. The van der Waals surface area contributed by atoms with E-state index in [1.165, 1.54) is 11.3 Å². The number of benzene rings is 2. The molecule has 3 aromatic rings. The summed E-state index contributed by atoms with van der Waals surface area (Å²) in [5, 5.41) is 10.9. The molecular formula is C23H23N3O3S. The van der Waals surface area contributed by atoms with Crippen molar-refractivity contribution in [3.8, 4) is 11.6 Å². The van der Waals surface area contributed by atoms with Crippen LogP contribution in [0.5, 0.6) is 11.6 Å². The van der Waals surface area contributed by atoms with Crippen LogP contribution >= 0.6 is 11.3 Å². The maximum absolute atomic E-state index is 10.9. The number of ether oxygens (including phenoxy) is 2. The monoisotopic (exact) mass is 421 g/mol. The summed E-state index contributed by atoms with van der Waals surface area (Å²) in [5.74, 6) is 0.948. The molecule has 0 amide bonds. The van der Waals surface area contributed by atoms with Crippen molar-refractivity contribution in [2.24, 2.45) is 9.98 Å². The van der Waals surface area contributed by atoms with Gasteiger partial charge in [-0.25, -0.2) is 4.99 Å². The van der Waals surface area contributed by atoms with Crippen LogP contribution in [0.1, 0.15) is 17.4 Å². The second kappa shape index (κ2) is 8.69. The first-order chi connectivity index (χ1) is 14.6. The summed E-state index contributed by atoms with van der Waals surface area (Å²) in [6.45, 7) is 2.96. The SMILES string of the molecule is COCCn1c(O)c(C=C2C(C)=Nc3ccccc32)sc1=Nc1ccc(OC)cc1. The Morgan fingerprint density at radius 1 is 1.13 bits per heavy atom. The van der Waals surface area contributed by atoms with Crippen molar-refractivity contribution in [3.05, 3.63) is 63.8 Å². The fraction of sp³-hybridized carbons (Fsp3) is 0.217. The number of hydrogen-bond acceptors (Lipinski definition) is 6. The number of rotatable bonds is 6. The minimum Gasteiger partial charge on any atom is -0.497 e. The van der Waals surface area contributed by atoms with Gasteiger partial charge in [-0.3, -0.25) is 9.56 Å². The van der Waals surface area contributed by atoms with Gasteiger partial charge in [0.15, 0.2) is 4.80 Å². The first-order valence-electron chi connectivity index (χ1n) is 9.58. The van der Waals surface area contributed by atoms with Crippen molar-refractivity contribution < 1.29 is 14.6 Å². The van der Waals surface area contributed by atoms with Crippen LogP contribution in [0.3, 0.4) is 0 Å². The molecule has 2 aromatic carbocycles. The zero-order valence-corrected chi connectivity index (χ0v) is 17.9. The second-order valence-corrected chi connectivity index (χ2v) is 7.81. The van der Waals surface area contributed by atoms with Crippen LogP contribution in [0.25, 0.3) is 11.6 Å². The van der Waals surface area contributed by atoms with Gasteiger partial charge in [-0.1, -0.05) is 29.5 Å². The maximum Gasteiger partial charge on any atom is 0.211 e. The fourth-order valence-corrected chi connectivity index (χ4v) is 4.31. The molecule has 1 aromatic heterocycles. The van der Waals surface area contributed by atoms with E-state index in [-0.39, 0.29) is 5.88 Å². The van der Waals surface area contributed by atoms with E-state index in [0.717, 1.165) is 38.8 Å². The summed E-state index contributed by atoms with van der Waals surface area (Å²) in [6, 6.07) is 15.5. The van der Waals surface area contributed by atoms with Crippen molar-refractivity contribution in [1.82, 2.24) is 4.57 Å². The van der Waals surface area contributed by atoms with Gasteiger partial charge >= 0.3 is 0 Å². The van der Waals surface area contributed by atoms with Gasteiger partial charge in [0, 0.05) is 24.0 Å². The summed E-state index contributed by atoms with van der Waals surface area (Å²) in [5.41, 5.74) is 4.75. The molecule has 0 unspecified atom stereocenters. The molecular weight excluding hydrogens is 398 g/mol. The number of aromatic nitrogens is 1. The lowest BCUT2D eigenvalue weighted by atomic mass is 10.0. The van der Waals surface area contributed by atoms with Crippen molar-refractivity contribution >= 4 is 40.1 Å². The summed E-state index contributed by atoms with van der Waals surface area (Å²) >= 11 is 1.43. The van der Waals surface area contributed by atoms with Gasteiger partial charge in [0.2, 0.25) is 5.88 Å². The highest BCUT2D eigenvalue weighted by atomic mass is 32.1. The van der Waals surface area contributed by atoms with Gasteiger partial charge in [-0.15, -0.1) is 0 Å². The number of methoxy groups -OCH3 is 2. The molecule has 7 heteroatoms. The van der Waals surface area contributed by atoms with E-state index in [4.69, 9.17) is 14.5 Å². The smallest absolute Gasteiger partial charge is 0.211 e. The highest BCUT2D eigenvalue weighted by molar-refractivity contribution is 7.10. The summed E-state index contributed by atoms with van der Waals surface area (Å²) < 4.78 is 12.2. The molecule has 0 atom stereocenters. The maximum atomic E-state index is 10.9. The fourth-order valence-electron chi connectivity index (χ4n) is 3.30. The minimum absolute atomic E-state index is 0.175. The molecule has 30 heavy (non-hydrogen) atoms. The van der Waals surface area contributed by atoms with E-state index in [1.807, 2.05) is 61.5 Å². The molecule has 0 saturated carbocycles. The molecule has 4 rings (SSSR count). The van der Waals surface area contributed by atoms with E-state index in [0.29, 0.717) is 18.0 Å². The molecule has 2 heterocycles. The number of para-hydroxylation sites is 1. The summed E-state index contributed by atoms with van der Waals surface area (Å²) in [7, 11) is 3.27. The predicted molar refractivity (Wildman–Crippen MR) is 121 cm³/mol. The lowest BCUT2D eigenvalue weighted by Crippen LogP contribution is -2.16. The third-order valence-electron chi connectivity index (χ3n) is 4.87.